The Labute approximate surface area is 140 Å². The average molecular weight is 382 g/mol. The van der Waals surface area contributed by atoms with E-state index >= 15 is 0 Å². The van der Waals surface area contributed by atoms with Crippen LogP contribution in [0, 0.1) is 12.3 Å². The molecule has 1 aliphatic rings. The maximum atomic E-state index is 11.0. The van der Waals surface area contributed by atoms with E-state index in [1.807, 2.05) is 0 Å². The lowest BCUT2D eigenvalue weighted by molar-refractivity contribution is -0.116. The topological polar surface area (TPSA) is 72.3 Å². The third kappa shape index (κ3) is 4.26. The van der Waals surface area contributed by atoms with Crippen molar-refractivity contribution in [1.29, 1.82) is 0 Å². The van der Waals surface area contributed by atoms with Crippen LogP contribution in [0.4, 0.5) is 0 Å². The number of methoxy groups -OCH3 is 1. The lowest BCUT2D eigenvalue weighted by atomic mass is 10.2. The molecule has 1 saturated heterocycles. The number of carbonyl (C=O) groups is 1. The van der Waals surface area contributed by atoms with Crippen molar-refractivity contribution in [2.24, 2.45) is 10.2 Å². The Bertz CT molecular complexity index is 683. The summed E-state index contributed by atoms with van der Waals surface area (Å²) in [4.78, 5) is 11.0. The Hall–Kier alpha value is -1.98. The highest BCUT2D eigenvalue weighted by molar-refractivity contribution is 9.10. The Morgan fingerprint density at radius 1 is 1.59 bits per heavy atom. The van der Waals surface area contributed by atoms with Crippen molar-refractivity contribution in [1.82, 2.24) is 5.32 Å². The lowest BCUT2D eigenvalue weighted by Gasteiger charge is -2.11. The molecule has 1 fully saturated rings. The SMILES string of the molecule is C#CCOc1c(Br)cc(/C=N\N=C2/NC(=O)CS2)cc1OC. The molecule has 1 amide bonds. The van der Waals surface area contributed by atoms with Crippen LogP contribution in [0.5, 0.6) is 11.5 Å². The third-order valence-electron chi connectivity index (χ3n) is 2.49. The molecule has 1 aromatic rings. The number of terminal acetylenes is 1. The molecule has 0 radical (unpaired) electrons. The van der Waals surface area contributed by atoms with Gasteiger partial charge in [-0.1, -0.05) is 17.7 Å². The van der Waals surface area contributed by atoms with E-state index in [0.717, 1.165) is 5.56 Å². The standard InChI is InChI=1S/C14H12BrN3O3S/c1-3-4-21-13-10(15)5-9(6-11(13)20-2)7-16-18-14-17-12(19)8-22-14/h1,5-7H,4,8H2,2H3,(H,17,18,19)/b16-7-. The van der Waals surface area contributed by atoms with Crippen LogP contribution in [-0.2, 0) is 4.79 Å². The van der Waals surface area contributed by atoms with Gasteiger partial charge < -0.3 is 14.8 Å². The normalized spacial score (nSPS) is 15.9. The van der Waals surface area contributed by atoms with Crippen LogP contribution in [-0.4, -0.2) is 36.8 Å². The van der Waals surface area contributed by atoms with E-state index in [-0.39, 0.29) is 12.5 Å². The quantitative estimate of drug-likeness (QED) is 0.481. The summed E-state index contributed by atoms with van der Waals surface area (Å²) in [5.41, 5.74) is 0.760. The van der Waals surface area contributed by atoms with Gasteiger partial charge in [-0.25, -0.2) is 0 Å². The molecule has 0 spiro atoms. The molecule has 114 valence electrons. The smallest absolute Gasteiger partial charge is 0.236 e. The summed E-state index contributed by atoms with van der Waals surface area (Å²) < 4.78 is 11.4. The molecule has 0 atom stereocenters. The van der Waals surface area contributed by atoms with Crippen molar-refractivity contribution in [2.45, 2.75) is 0 Å². The Morgan fingerprint density at radius 3 is 3.05 bits per heavy atom. The van der Waals surface area contributed by atoms with Gasteiger partial charge >= 0.3 is 0 Å². The number of carbonyl (C=O) groups excluding carboxylic acids is 1. The predicted molar refractivity (Wildman–Crippen MR) is 90.7 cm³/mol. The molecule has 0 aromatic heterocycles. The highest BCUT2D eigenvalue weighted by atomic mass is 79.9. The minimum absolute atomic E-state index is 0.0709. The zero-order valence-corrected chi connectivity index (χ0v) is 14.0. The first-order valence-electron chi connectivity index (χ1n) is 6.11. The fourth-order valence-electron chi connectivity index (χ4n) is 1.60. The van der Waals surface area contributed by atoms with Crippen molar-refractivity contribution in [3.63, 3.8) is 0 Å². The van der Waals surface area contributed by atoms with Crippen molar-refractivity contribution in [2.75, 3.05) is 19.5 Å². The Balaban J connectivity index is 2.16. The molecule has 6 nitrogen and oxygen atoms in total. The third-order valence-corrected chi connectivity index (χ3v) is 3.95. The van der Waals surface area contributed by atoms with Crippen LogP contribution in [0.2, 0.25) is 0 Å². The van der Waals surface area contributed by atoms with Gasteiger partial charge in [0.15, 0.2) is 16.7 Å². The molecule has 0 saturated carbocycles. The van der Waals surface area contributed by atoms with E-state index in [1.165, 1.54) is 18.9 Å². The summed E-state index contributed by atoms with van der Waals surface area (Å²) in [6, 6.07) is 3.55. The number of rotatable bonds is 5. The number of halogens is 1. The number of ether oxygens (including phenoxy) is 2. The first kappa shape index (κ1) is 16.4. The van der Waals surface area contributed by atoms with E-state index in [2.05, 4.69) is 37.4 Å². The largest absolute Gasteiger partial charge is 0.493 e. The minimum atomic E-state index is -0.0709. The van der Waals surface area contributed by atoms with Crippen LogP contribution in [0.25, 0.3) is 0 Å². The van der Waals surface area contributed by atoms with Crippen molar-refractivity contribution < 1.29 is 14.3 Å². The van der Waals surface area contributed by atoms with Crippen LogP contribution in [0.15, 0.2) is 26.8 Å². The highest BCUT2D eigenvalue weighted by Gasteiger charge is 2.16. The number of nitrogens with one attached hydrogen (secondary N) is 1. The fourth-order valence-corrected chi connectivity index (χ4v) is 2.80. The summed E-state index contributed by atoms with van der Waals surface area (Å²) in [5.74, 6) is 3.76. The maximum Gasteiger partial charge on any atom is 0.236 e. The molecule has 0 unspecified atom stereocenters. The monoisotopic (exact) mass is 381 g/mol. The van der Waals surface area contributed by atoms with Gasteiger partial charge in [0.25, 0.3) is 0 Å². The maximum absolute atomic E-state index is 11.0. The predicted octanol–water partition coefficient (Wildman–Crippen LogP) is 2.02. The number of hydrogen-bond acceptors (Lipinski definition) is 6. The second-order valence-electron chi connectivity index (χ2n) is 4.01. The molecule has 1 heterocycles. The van der Waals surface area contributed by atoms with Crippen LogP contribution < -0.4 is 14.8 Å². The first-order chi connectivity index (χ1) is 10.6. The highest BCUT2D eigenvalue weighted by Crippen LogP contribution is 2.36. The number of amides is 1. The van der Waals surface area contributed by atoms with E-state index < -0.39 is 0 Å². The van der Waals surface area contributed by atoms with Gasteiger partial charge in [0.05, 0.1) is 23.5 Å². The van der Waals surface area contributed by atoms with Gasteiger partial charge in [-0.2, -0.15) is 5.10 Å². The molecule has 1 aliphatic heterocycles. The Morgan fingerprint density at radius 2 is 2.41 bits per heavy atom. The summed E-state index contributed by atoms with van der Waals surface area (Å²) >= 11 is 4.71. The number of nitrogens with zero attached hydrogens (tertiary/aromatic N) is 2. The van der Waals surface area contributed by atoms with E-state index in [4.69, 9.17) is 15.9 Å². The molecule has 0 bridgehead atoms. The van der Waals surface area contributed by atoms with Gasteiger partial charge in [-0.3, -0.25) is 4.79 Å². The fraction of sp³-hybridized carbons (Fsp3) is 0.214. The summed E-state index contributed by atoms with van der Waals surface area (Å²) in [6.45, 7) is 0.146. The van der Waals surface area contributed by atoms with Crippen LogP contribution in [0.1, 0.15) is 5.56 Å². The summed E-state index contributed by atoms with van der Waals surface area (Å²) in [6.07, 6.45) is 6.74. The van der Waals surface area contributed by atoms with Gasteiger partial charge in [-0.15, -0.1) is 11.5 Å². The van der Waals surface area contributed by atoms with E-state index in [0.29, 0.717) is 26.9 Å². The molecular formula is C14H12BrN3O3S. The first-order valence-corrected chi connectivity index (χ1v) is 7.89. The number of hydrogen-bond donors (Lipinski definition) is 1. The number of amidine groups is 1. The summed E-state index contributed by atoms with van der Waals surface area (Å²) in [5, 5.41) is 11.0. The molecule has 0 aliphatic carbocycles. The molecular weight excluding hydrogens is 370 g/mol. The number of thioether (sulfide) groups is 1. The molecule has 2 rings (SSSR count). The van der Waals surface area contributed by atoms with Gasteiger partial charge in [-0.05, 0) is 33.6 Å². The zero-order chi connectivity index (χ0) is 15.9. The molecule has 8 heteroatoms. The summed E-state index contributed by atoms with van der Waals surface area (Å²) in [7, 11) is 1.54. The molecule has 22 heavy (non-hydrogen) atoms. The van der Waals surface area contributed by atoms with Crippen molar-refractivity contribution in [3.8, 4) is 23.8 Å². The van der Waals surface area contributed by atoms with Gasteiger partial charge in [0, 0.05) is 0 Å². The van der Waals surface area contributed by atoms with Crippen LogP contribution in [0.3, 0.4) is 0 Å². The van der Waals surface area contributed by atoms with Crippen LogP contribution >= 0.6 is 27.7 Å². The molecule has 1 aromatic carbocycles. The molecule has 1 N–H and O–H groups in total. The van der Waals surface area contributed by atoms with E-state index in [1.54, 1.807) is 18.3 Å². The second-order valence-corrected chi connectivity index (χ2v) is 5.83. The lowest BCUT2D eigenvalue weighted by Crippen LogP contribution is -2.19. The van der Waals surface area contributed by atoms with Crippen molar-refractivity contribution in [3.05, 3.63) is 22.2 Å². The Kier molecular flexibility index (Phi) is 5.86. The van der Waals surface area contributed by atoms with E-state index in [9.17, 15) is 4.79 Å². The van der Waals surface area contributed by atoms with Gasteiger partial charge in [0.1, 0.15) is 6.61 Å². The second kappa shape index (κ2) is 7.87. The minimum Gasteiger partial charge on any atom is -0.493 e. The zero-order valence-electron chi connectivity index (χ0n) is 11.6. The van der Waals surface area contributed by atoms with Crippen molar-refractivity contribution >= 4 is 45.0 Å². The number of benzene rings is 1. The average Bonchev–Trinajstić information content (AvgIpc) is 2.91. The van der Waals surface area contributed by atoms with Gasteiger partial charge in [0.2, 0.25) is 5.91 Å².